The molecular weight excluding hydrogens is 190 g/mol. The molecule has 0 atom stereocenters. The molecule has 0 saturated heterocycles. The number of carbonyl (C=O) groups excluding carboxylic acids is 1. The van der Waals surface area contributed by atoms with Crippen LogP contribution in [-0.4, -0.2) is 17.0 Å². The highest BCUT2D eigenvalue weighted by Crippen LogP contribution is 2.13. The molecule has 1 aromatic heterocycles. The number of halogens is 1. The van der Waals surface area contributed by atoms with Crippen LogP contribution >= 0.6 is 11.6 Å². The third-order valence-corrected chi connectivity index (χ3v) is 1.65. The monoisotopic (exact) mass is 193 g/mol. The first-order chi connectivity index (χ1) is 6.19. The topological polar surface area (TPSA) is 77.6 Å². The average molecular weight is 194 g/mol. The van der Waals surface area contributed by atoms with E-state index in [1.807, 2.05) is 0 Å². The van der Waals surface area contributed by atoms with E-state index in [1.54, 1.807) is 6.07 Å². The maximum absolute atomic E-state index is 11.0. The molecule has 1 aromatic rings. The molecule has 1 N–H and O–H groups in total. The Morgan fingerprint density at radius 3 is 2.85 bits per heavy atom. The van der Waals surface area contributed by atoms with Gasteiger partial charge in [0, 0.05) is 0 Å². The predicted molar refractivity (Wildman–Crippen MR) is 47.1 cm³/mol. The number of ketones is 1. The lowest BCUT2D eigenvalue weighted by Crippen LogP contribution is -2.02. The second-order valence-electron chi connectivity index (χ2n) is 2.16. The Labute approximate surface area is 79.3 Å². The summed E-state index contributed by atoms with van der Waals surface area (Å²) >= 11 is 5.60. The van der Waals surface area contributed by atoms with Gasteiger partial charge in [-0.15, -0.1) is 0 Å². The lowest BCUT2D eigenvalue weighted by molar-refractivity contribution is 0.107. The number of hydrogen-bond donors (Lipinski definition) is 1. The third-order valence-electron chi connectivity index (χ3n) is 1.36. The van der Waals surface area contributed by atoms with Crippen LogP contribution in [0.3, 0.4) is 0 Å². The Balaban J connectivity index is 3.21. The number of rotatable bonds is 2. The molecule has 0 aliphatic heterocycles. The summed E-state index contributed by atoms with van der Waals surface area (Å²) in [6.45, 7) is 0. The minimum Gasteiger partial charge on any atom is -0.305 e. The van der Waals surface area contributed by atoms with Crippen LogP contribution in [0.25, 0.3) is 0 Å². The van der Waals surface area contributed by atoms with E-state index in [9.17, 15) is 4.79 Å². The van der Waals surface area contributed by atoms with Crippen molar-refractivity contribution < 1.29 is 4.79 Å². The molecule has 0 bridgehead atoms. The number of pyridine rings is 1. The summed E-state index contributed by atoms with van der Waals surface area (Å²) in [4.78, 5) is 14.6. The van der Waals surface area contributed by atoms with Crippen LogP contribution < -0.4 is 0 Å². The fourth-order valence-electron chi connectivity index (χ4n) is 0.758. The summed E-state index contributed by atoms with van der Waals surface area (Å²) < 4.78 is 0. The number of nitriles is 1. The second-order valence-corrected chi connectivity index (χ2v) is 2.51. The fourth-order valence-corrected chi connectivity index (χ4v) is 1.01. The van der Waals surface area contributed by atoms with Gasteiger partial charge in [-0.05, 0) is 12.1 Å². The van der Waals surface area contributed by atoms with Crippen LogP contribution in [0.5, 0.6) is 0 Å². The molecule has 64 valence electrons. The fraction of sp³-hybridized carbons (Fsp3) is 0. The maximum atomic E-state index is 11.0. The molecule has 13 heavy (non-hydrogen) atoms. The summed E-state index contributed by atoms with van der Waals surface area (Å²) in [5.41, 5.74) is 0.280. The van der Waals surface area contributed by atoms with Crippen molar-refractivity contribution in [3.8, 4) is 6.07 Å². The molecule has 0 amide bonds. The molecule has 0 fully saturated rings. The number of nitrogens with zero attached hydrogens (tertiary/aromatic N) is 2. The third kappa shape index (κ3) is 1.89. The molecule has 0 spiro atoms. The van der Waals surface area contributed by atoms with Gasteiger partial charge in [0.05, 0.1) is 11.8 Å². The Kier molecular flexibility index (Phi) is 2.72. The Morgan fingerprint density at radius 1 is 1.69 bits per heavy atom. The summed E-state index contributed by atoms with van der Waals surface area (Å²) in [6.07, 6.45) is 0.648. The first kappa shape index (κ1) is 9.36. The lowest BCUT2D eigenvalue weighted by Gasteiger charge is -1.97. The number of hydrogen-bond acceptors (Lipinski definition) is 4. The Bertz CT molecular complexity index is 408. The van der Waals surface area contributed by atoms with Gasteiger partial charge in [0.1, 0.15) is 16.9 Å². The van der Waals surface area contributed by atoms with Crippen molar-refractivity contribution in [3.63, 3.8) is 0 Å². The summed E-state index contributed by atoms with van der Waals surface area (Å²) in [5, 5.41) is 15.1. The van der Waals surface area contributed by atoms with E-state index in [0.29, 0.717) is 6.21 Å². The van der Waals surface area contributed by atoms with Crippen molar-refractivity contribution in [1.82, 2.24) is 4.98 Å². The van der Waals surface area contributed by atoms with Crippen molar-refractivity contribution in [1.29, 1.82) is 10.7 Å². The van der Waals surface area contributed by atoms with Crippen molar-refractivity contribution in [2.24, 2.45) is 0 Å². The SMILES string of the molecule is N#Cc1ccc(C(=O)C=N)c(Cl)n1. The van der Waals surface area contributed by atoms with Crippen molar-refractivity contribution in [3.05, 3.63) is 28.5 Å². The zero-order chi connectivity index (χ0) is 9.84. The van der Waals surface area contributed by atoms with E-state index in [2.05, 4.69) is 4.98 Å². The standard InChI is InChI=1S/C8H4ClN3O/c9-8-6(7(13)4-11)2-1-5(3-10)12-8/h1-2,4,11H. The van der Waals surface area contributed by atoms with Gasteiger partial charge in [-0.2, -0.15) is 5.26 Å². The molecule has 0 aromatic carbocycles. The zero-order valence-corrected chi connectivity index (χ0v) is 7.17. The van der Waals surface area contributed by atoms with E-state index in [-0.39, 0.29) is 16.4 Å². The zero-order valence-electron chi connectivity index (χ0n) is 6.41. The molecule has 0 saturated carbocycles. The van der Waals surface area contributed by atoms with E-state index in [4.69, 9.17) is 22.3 Å². The highest BCUT2D eigenvalue weighted by Gasteiger charge is 2.09. The Morgan fingerprint density at radius 2 is 2.38 bits per heavy atom. The molecule has 0 radical (unpaired) electrons. The number of nitrogens with one attached hydrogen (secondary N) is 1. The van der Waals surface area contributed by atoms with E-state index >= 15 is 0 Å². The number of Topliss-reactive ketones (excluding diaryl/α,β-unsaturated/α-hetero) is 1. The van der Waals surface area contributed by atoms with Crippen LogP contribution in [0.1, 0.15) is 16.1 Å². The van der Waals surface area contributed by atoms with Gasteiger partial charge in [-0.3, -0.25) is 4.79 Å². The number of carbonyl (C=O) groups is 1. The van der Waals surface area contributed by atoms with Gasteiger partial charge in [0.2, 0.25) is 5.78 Å². The van der Waals surface area contributed by atoms with Gasteiger partial charge in [0.15, 0.2) is 0 Å². The van der Waals surface area contributed by atoms with Gasteiger partial charge < -0.3 is 5.41 Å². The van der Waals surface area contributed by atoms with Gasteiger partial charge in [0.25, 0.3) is 0 Å². The first-order valence-corrected chi connectivity index (χ1v) is 3.68. The second kappa shape index (κ2) is 3.78. The Hall–Kier alpha value is -1.73. The van der Waals surface area contributed by atoms with E-state index in [1.165, 1.54) is 12.1 Å². The molecule has 0 aliphatic carbocycles. The molecule has 1 heterocycles. The number of aromatic nitrogens is 1. The van der Waals surface area contributed by atoms with Crippen molar-refractivity contribution >= 4 is 23.6 Å². The van der Waals surface area contributed by atoms with Crippen LogP contribution in [0.2, 0.25) is 5.15 Å². The normalized spacial score (nSPS) is 8.92. The summed E-state index contributed by atoms with van der Waals surface area (Å²) in [6, 6.07) is 4.54. The molecular formula is C8H4ClN3O. The molecule has 4 nitrogen and oxygen atoms in total. The van der Waals surface area contributed by atoms with Crippen molar-refractivity contribution in [2.45, 2.75) is 0 Å². The molecule has 5 heteroatoms. The molecule has 0 aliphatic rings. The minimum atomic E-state index is -0.526. The van der Waals surface area contributed by atoms with Gasteiger partial charge in [-0.1, -0.05) is 11.6 Å². The van der Waals surface area contributed by atoms with Crippen LogP contribution in [0.4, 0.5) is 0 Å². The highest BCUT2D eigenvalue weighted by molar-refractivity contribution is 6.41. The van der Waals surface area contributed by atoms with Crippen LogP contribution in [0.15, 0.2) is 12.1 Å². The summed E-state index contributed by atoms with van der Waals surface area (Å²) in [5.74, 6) is -0.526. The van der Waals surface area contributed by atoms with Gasteiger partial charge in [-0.25, -0.2) is 4.98 Å². The predicted octanol–water partition coefficient (Wildman–Crippen LogP) is 1.44. The lowest BCUT2D eigenvalue weighted by atomic mass is 10.2. The maximum Gasteiger partial charge on any atom is 0.206 e. The largest absolute Gasteiger partial charge is 0.305 e. The van der Waals surface area contributed by atoms with Crippen LogP contribution in [0, 0.1) is 16.7 Å². The van der Waals surface area contributed by atoms with Crippen LogP contribution in [-0.2, 0) is 0 Å². The average Bonchev–Trinajstić information content (AvgIpc) is 2.16. The van der Waals surface area contributed by atoms with Gasteiger partial charge >= 0.3 is 0 Å². The molecule has 1 rings (SSSR count). The first-order valence-electron chi connectivity index (χ1n) is 3.30. The minimum absolute atomic E-state index is 0.0486. The van der Waals surface area contributed by atoms with Crippen molar-refractivity contribution in [2.75, 3.05) is 0 Å². The highest BCUT2D eigenvalue weighted by atomic mass is 35.5. The summed E-state index contributed by atoms with van der Waals surface area (Å²) in [7, 11) is 0. The van der Waals surface area contributed by atoms with E-state index < -0.39 is 5.78 Å². The quantitative estimate of drug-likeness (QED) is 0.439. The molecule has 0 unspecified atom stereocenters. The smallest absolute Gasteiger partial charge is 0.206 e. The van der Waals surface area contributed by atoms with E-state index in [0.717, 1.165) is 0 Å².